The van der Waals surface area contributed by atoms with Gasteiger partial charge in [0.05, 0.1) is 29.0 Å². The maximum atomic E-state index is 12.8. The molecule has 0 aromatic heterocycles. The van der Waals surface area contributed by atoms with Crippen molar-refractivity contribution in [3.05, 3.63) is 64.2 Å². The summed E-state index contributed by atoms with van der Waals surface area (Å²) in [7, 11) is 0. The van der Waals surface area contributed by atoms with E-state index >= 15 is 0 Å². The highest BCUT2D eigenvalue weighted by Crippen LogP contribution is 2.31. The smallest absolute Gasteiger partial charge is 0.338 e. The summed E-state index contributed by atoms with van der Waals surface area (Å²) in [6.45, 7) is 8.01. The van der Waals surface area contributed by atoms with E-state index in [1.54, 1.807) is 6.07 Å². The number of amides is 2. The second kappa shape index (κ2) is 6.75. The molecule has 5 heteroatoms. The molecule has 0 spiro atoms. The van der Waals surface area contributed by atoms with Crippen molar-refractivity contribution in [3.63, 3.8) is 0 Å². The molecule has 2 aromatic rings. The number of ether oxygens (including phenoxy) is 1. The Morgan fingerprint density at radius 2 is 1.69 bits per heavy atom. The molecule has 1 aliphatic rings. The fourth-order valence-corrected chi connectivity index (χ4v) is 2.97. The Morgan fingerprint density at radius 1 is 1.00 bits per heavy atom. The maximum Gasteiger partial charge on any atom is 0.338 e. The number of carbonyl (C=O) groups is 3. The van der Waals surface area contributed by atoms with Crippen LogP contribution in [0.4, 0.5) is 5.69 Å². The van der Waals surface area contributed by atoms with Crippen LogP contribution in [0, 0.1) is 19.8 Å². The zero-order valence-electron chi connectivity index (χ0n) is 15.3. The number of rotatable bonds is 4. The molecule has 1 aliphatic heterocycles. The van der Waals surface area contributed by atoms with E-state index in [-0.39, 0.29) is 23.0 Å². The SMILES string of the molecule is Cc1ccc(N2C(=O)c3ccc(C(=O)OCC(C)C)cc3C2=O)c(C)c1. The van der Waals surface area contributed by atoms with E-state index in [9.17, 15) is 14.4 Å². The number of benzene rings is 2. The fourth-order valence-electron chi connectivity index (χ4n) is 2.97. The zero-order valence-corrected chi connectivity index (χ0v) is 15.3. The van der Waals surface area contributed by atoms with Crippen LogP contribution in [-0.4, -0.2) is 24.4 Å². The lowest BCUT2D eigenvalue weighted by molar-refractivity contribution is 0.0458. The second-order valence-electron chi connectivity index (χ2n) is 6.99. The lowest BCUT2D eigenvalue weighted by Crippen LogP contribution is -2.30. The molecular weight excluding hydrogens is 330 g/mol. The third-order valence-corrected chi connectivity index (χ3v) is 4.26. The first-order valence-electron chi connectivity index (χ1n) is 8.57. The van der Waals surface area contributed by atoms with Crippen molar-refractivity contribution < 1.29 is 19.1 Å². The first-order chi connectivity index (χ1) is 12.3. The predicted octanol–water partition coefficient (Wildman–Crippen LogP) is 3.92. The Bertz CT molecular complexity index is 914. The average molecular weight is 351 g/mol. The molecule has 0 saturated carbocycles. The van der Waals surface area contributed by atoms with E-state index in [0.29, 0.717) is 17.9 Å². The van der Waals surface area contributed by atoms with Crippen LogP contribution in [0.2, 0.25) is 0 Å². The summed E-state index contributed by atoms with van der Waals surface area (Å²) in [5.74, 6) is -1.07. The first kappa shape index (κ1) is 17.9. The second-order valence-corrected chi connectivity index (χ2v) is 6.99. The summed E-state index contributed by atoms with van der Waals surface area (Å²) in [4.78, 5) is 38.9. The Labute approximate surface area is 152 Å². The molecule has 3 rings (SSSR count). The third-order valence-electron chi connectivity index (χ3n) is 4.26. The predicted molar refractivity (Wildman–Crippen MR) is 98.6 cm³/mol. The van der Waals surface area contributed by atoms with Crippen LogP contribution in [0.3, 0.4) is 0 Å². The number of imide groups is 1. The molecule has 0 radical (unpaired) electrons. The highest BCUT2D eigenvalue weighted by Gasteiger charge is 2.37. The lowest BCUT2D eigenvalue weighted by atomic mass is 10.1. The van der Waals surface area contributed by atoms with Gasteiger partial charge in [0, 0.05) is 0 Å². The van der Waals surface area contributed by atoms with Gasteiger partial charge in [0.1, 0.15) is 0 Å². The molecule has 134 valence electrons. The van der Waals surface area contributed by atoms with Gasteiger partial charge >= 0.3 is 5.97 Å². The van der Waals surface area contributed by atoms with Crippen molar-refractivity contribution in [1.82, 2.24) is 0 Å². The van der Waals surface area contributed by atoms with Gasteiger partial charge in [0.25, 0.3) is 11.8 Å². The van der Waals surface area contributed by atoms with Gasteiger partial charge in [-0.1, -0.05) is 31.5 Å². The summed E-state index contributed by atoms with van der Waals surface area (Å²) in [5, 5.41) is 0. The van der Waals surface area contributed by atoms with E-state index in [1.807, 2.05) is 39.8 Å². The maximum absolute atomic E-state index is 12.8. The van der Waals surface area contributed by atoms with E-state index < -0.39 is 11.9 Å². The summed E-state index contributed by atoms with van der Waals surface area (Å²) in [5.41, 5.74) is 3.26. The highest BCUT2D eigenvalue weighted by atomic mass is 16.5. The van der Waals surface area contributed by atoms with Crippen molar-refractivity contribution in [1.29, 1.82) is 0 Å². The summed E-state index contributed by atoms with van der Waals surface area (Å²) in [6, 6.07) is 10.0. The minimum Gasteiger partial charge on any atom is -0.462 e. The molecule has 1 heterocycles. The Morgan fingerprint density at radius 3 is 2.35 bits per heavy atom. The number of fused-ring (bicyclic) bond motifs is 1. The largest absolute Gasteiger partial charge is 0.462 e. The number of hydrogen-bond acceptors (Lipinski definition) is 4. The summed E-state index contributed by atoms with van der Waals surface area (Å²) < 4.78 is 5.21. The van der Waals surface area contributed by atoms with Crippen molar-refractivity contribution >= 4 is 23.5 Å². The molecule has 2 amide bonds. The zero-order chi connectivity index (χ0) is 19.0. The molecule has 5 nitrogen and oxygen atoms in total. The van der Waals surface area contributed by atoms with Gasteiger partial charge in [-0.25, -0.2) is 9.69 Å². The number of carbonyl (C=O) groups excluding carboxylic acids is 3. The fraction of sp³-hybridized carbons (Fsp3) is 0.286. The molecule has 0 unspecified atom stereocenters. The number of hydrogen-bond donors (Lipinski definition) is 0. The van der Waals surface area contributed by atoms with Gasteiger partial charge in [0.2, 0.25) is 0 Å². The quantitative estimate of drug-likeness (QED) is 0.619. The number of esters is 1. The standard InChI is InChI=1S/C21H21NO4/c1-12(2)11-26-21(25)15-6-7-16-17(10-15)20(24)22(19(16)23)18-8-5-13(3)9-14(18)4/h5-10,12H,11H2,1-4H3. The van der Waals surface area contributed by atoms with Crippen molar-refractivity contribution in [2.45, 2.75) is 27.7 Å². The first-order valence-corrected chi connectivity index (χ1v) is 8.57. The molecule has 0 atom stereocenters. The Kier molecular flexibility index (Phi) is 4.64. The van der Waals surface area contributed by atoms with Crippen molar-refractivity contribution in [3.8, 4) is 0 Å². The van der Waals surface area contributed by atoms with Gasteiger partial charge in [-0.3, -0.25) is 9.59 Å². The third kappa shape index (κ3) is 3.12. The Hall–Kier alpha value is -2.95. The highest BCUT2D eigenvalue weighted by molar-refractivity contribution is 6.34. The van der Waals surface area contributed by atoms with Crippen LogP contribution in [0.5, 0.6) is 0 Å². The monoisotopic (exact) mass is 351 g/mol. The summed E-state index contributed by atoms with van der Waals surface area (Å²) in [6.07, 6.45) is 0. The van der Waals surface area contributed by atoms with Gasteiger partial charge in [-0.05, 0) is 49.6 Å². The van der Waals surface area contributed by atoms with Crippen LogP contribution >= 0.6 is 0 Å². The minimum atomic E-state index is -0.494. The molecule has 0 aliphatic carbocycles. The van der Waals surface area contributed by atoms with Gasteiger partial charge < -0.3 is 4.74 Å². The van der Waals surface area contributed by atoms with Crippen molar-refractivity contribution in [2.75, 3.05) is 11.5 Å². The molecule has 0 saturated heterocycles. The van der Waals surface area contributed by atoms with E-state index in [4.69, 9.17) is 4.74 Å². The number of nitrogens with zero attached hydrogens (tertiary/aromatic N) is 1. The van der Waals surface area contributed by atoms with Gasteiger partial charge in [0.15, 0.2) is 0 Å². The van der Waals surface area contributed by atoms with Gasteiger partial charge in [-0.2, -0.15) is 0 Å². The average Bonchev–Trinajstić information content (AvgIpc) is 2.84. The minimum absolute atomic E-state index is 0.219. The van der Waals surface area contributed by atoms with Crippen LogP contribution in [-0.2, 0) is 4.74 Å². The van der Waals surface area contributed by atoms with Gasteiger partial charge in [-0.15, -0.1) is 0 Å². The normalized spacial score (nSPS) is 13.3. The van der Waals surface area contributed by atoms with Crippen molar-refractivity contribution in [2.24, 2.45) is 5.92 Å². The van der Waals surface area contributed by atoms with E-state index in [2.05, 4.69) is 0 Å². The van der Waals surface area contributed by atoms with Crippen LogP contribution in [0.25, 0.3) is 0 Å². The van der Waals surface area contributed by atoms with Crippen LogP contribution < -0.4 is 4.90 Å². The molecule has 0 fully saturated rings. The van der Waals surface area contributed by atoms with E-state index in [0.717, 1.165) is 11.1 Å². The summed E-state index contributed by atoms with van der Waals surface area (Å²) >= 11 is 0. The molecule has 26 heavy (non-hydrogen) atoms. The molecule has 2 aromatic carbocycles. The topological polar surface area (TPSA) is 63.7 Å². The number of anilines is 1. The Balaban J connectivity index is 1.94. The molecular formula is C21H21NO4. The number of aryl methyl sites for hydroxylation is 2. The molecule has 0 bridgehead atoms. The molecule has 0 N–H and O–H groups in total. The van der Waals surface area contributed by atoms with E-state index in [1.165, 1.54) is 23.1 Å². The lowest BCUT2D eigenvalue weighted by Gasteiger charge is -2.16. The van der Waals surface area contributed by atoms with Crippen LogP contribution in [0.1, 0.15) is 56.0 Å². The van der Waals surface area contributed by atoms with Crippen LogP contribution in [0.15, 0.2) is 36.4 Å².